The van der Waals surface area contributed by atoms with Gasteiger partial charge in [-0.2, -0.15) is 0 Å². The van der Waals surface area contributed by atoms with E-state index in [-0.39, 0.29) is 29.3 Å². The molecule has 1 aromatic heterocycles. The van der Waals surface area contributed by atoms with Crippen molar-refractivity contribution in [2.24, 2.45) is 0 Å². The Morgan fingerprint density at radius 1 is 0.872 bits per heavy atom. The van der Waals surface area contributed by atoms with Gasteiger partial charge in [-0.05, 0) is 28.8 Å². The standard InChI is InChI=1S/C29H28N6O4/c36-35(37)27-28(32-26(22-7-3-1-4-8-22)23-9-5-2-6-10-23)30-19-31-29(27)34-15-13-33(14-16-34)18-21-11-12-24-25(17-21)39-20-38-24/h1-12,17,19,26H,13-16,18,20H2,(H,30,31,32). The molecule has 0 atom stereocenters. The first-order valence-corrected chi connectivity index (χ1v) is 12.9. The van der Waals surface area contributed by atoms with Gasteiger partial charge in [-0.15, -0.1) is 0 Å². The average molecular weight is 525 g/mol. The van der Waals surface area contributed by atoms with E-state index in [0.717, 1.165) is 47.8 Å². The minimum Gasteiger partial charge on any atom is -0.454 e. The van der Waals surface area contributed by atoms with Gasteiger partial charge in [0.25, 0.3) is 0 Å². The van der Waals surface area contributed by atoms with E-state index < -0.39 is 0 Å². The average Bonchev–Trinajstić information content (AvgIpc) is 3.45. The van der Waals surface area contributed by atoms with Crippen molar-refractivity contribution in [2.45, 2.75) is 12.6 Å². The number of fused-ring (bicyclic) bond motifs is 1. The van der Waals surface area contributed by atoms with Crippen LogP contribution in [0.4, 0.5) is 17.3 Å². The molecule has 0 unspecified atom stereocenters. The number of nitrogens with zero attached hydrogens (tertiary/aromatic N) is 5. The number of hydrogen-bond donors (Lipinski definition) is 1. The number of nitro groups is 1. The third-order valence-electron chi connectivity index (χ3n) is 7.05. The van der Waals surface area contributed by atoms with Gasteiger partial charge in [0, 0.05) is 32.7 Å². The van der Waals surface area contributed by atoms with E-state index in [0.29, 0.717) is 18.9 Å². The summed E-state index contributed by atoms with van der Waals surface area (Å²) in [5.41, 5.74) is 2.99. The Labute approximate surface area is 226 Å². The fourth-order valence-corrected chi connectivity index (χ4v) is 5.08. The number of aromatic nitrogens is 2. The van der Waals surface area contributed by atoms with Gasteiger partial charge >= 0.3 is 5.69 Å². The molecule has 198 valence electrons. The Kier molecular flexibility index (Phi) is 6.92. The molecule has 1 fully saturated rings. The van der Waals surface area contributed by atoms with E-state index in [1.165, 1.54) is 6.33 Å². The van der Waals surface area contributed by atoms with Crippen LogP contribution in [0.2, 0.25) is 0 Å². The highest BCUT2D eigenvalue weighted by Gasteiger charge is 2.31. The Balaban J connectivity index is 1.21. The Morgan fingerprint density at radius 3 is 2.21 bits per heavy atom. The molecule has 3 aromatic carbocycles. The zero-order chi connectivity index (χ0) is 26.6. The van der Waals surface area contributed by atoms with Gasteiger partial charge in [-0.25, -0.2) is 9.97 Å². The summed E-state index contributed by atoms with van der Waals surface area (Å²) in [6, 6.07) is 25.4. The van der Waals surface area contributed by atoms with Crippen LogP contribution in [0.15, 0.2) is 85.2 Å². The molecule has 0 amide bonds. The van der Waals surface area contributed by atoms with Crippen LogP contribution in [0.3, 0.4) is 0 Å². The molecule has 3 heterocycles. The SMILES string of the molecule is O=[N+]([O-])c1c(NC(c2ccccc2)c2ccccc2)ncnc1N1CCN(Cc2ccc3c(c2)OCO3)CC1. The van der Waals surface area contributed by atoms with Crippen LogP contribution in [0.1, 0.15) is 22.7 Å². The number of nitrogens with one attached hydrogen (secondary N) is 1. The molecule has 0 saturated carbocycles. The van der Waals surface area contributed by atoms with Crippen LogP contribution in [0, 0.1) is 10.1 Å². The van der Waals surface area contributed by atoms with E-state index in [4.69, 9.17) is 9.47 Å². The lowest BCUT2D eigenvalue weighted by molar-refractivity contribution is -0.383. The van der Waals surface area contributed by atoms with Crippen LogP contribution < -0.4 is 19.7 Å². The van der Waals surface area contributed by atoms with Crippen LogP contribution in [-0.2, 0) is 6.54 Å². The predicted octanol–water partition coefficient (Wildman–Crippen LogP) is 4.64. The third-order valence-corrected chi connectivity index (χ3v) is 7.05. The van der Waals surface area contributed by atoms with Gasteiger partial charge in [0.2, 0.25) is 18.4 Å². The van der Waals surface area contributed by atoms with Crippen molar-refractivity contribution in [3.8, 4) is 11.5 Å². The first-order valence-electron chi connectivity index (χ1n) is 12.9. The predicted molar refractivity (Wildman–Crippen MR) is 147 cm³/mol. The Hall–Kier alpha value is -4.70. The molecular formula is C29H28N6O4. The summed E-state index contributed by atoms with van der Waals surface area (Å²) in [5.74, 6) is 2.07. The molecule has 2 aliphatic heterocycles. The van der Waals surface area contributed by atoms with Gasteiger partial charge in [-0.1, -0.05) is 66.7 Å². The lowest BCUT2D eigenvalue weighted by atomic mass is 9.98. The molecule has 0 radical (unpaired) electrons. The van der Waals surface area contributed by atoms with Crippen LogP contribution >= 0.6 is 0 Å². The maximum absolute atomic E-state index is 12.4. The maximum atomic E-state index is 12.4. The van der Waals surface area contributed by atoms with E-state index in [9.17, 15) is 10.1 Å². The summed E-state index contributed by atoms with van der Waals surface area (Å²) in [6.07, 6.45) is 1.40. The number of anilines is 2. The molecule has 6 rings (SSSR count). The van der Waals surface area contributed by atoms with E-state index in [1.807, 2.05) is 83.8 Å². The number of hydrogen-bond acceptors (Lipinski definition) is 9. The number of rotatable bonds is 8. The number of benzene rings is 3. The molecule has 1 saturated heterocycles. The summed E-state index contributed by atoms with van der Waals surface area (Å²) in [7, 11) is 0. The highest BCUT2D eigenvalue weighted by atomic mass is 16.7. The van der Waals surface area contributed by atoms with Crippen molar-refractivity contribution in [1.29, 1.82) is 0 Å². The third kappa shape index (κ3) is 5.32. The molecule has 1 N–H and O–H groups in total. The number of ether oxygens (including phenoxy) is 2. The molecule has 2 aliphatic rings. The Bertz CT molecular complexity index is 1410. The second-order valence-corrected chi connectivity index (χ2v) is 9.50. The summed E-state index contributed by atoms with van der Waals surface area (Å²) in [5, 5.41) is 15.7. The fraction of sp³-hybridized carbons (Fsp3) is 0.241. The van der Waals surface area contributed by atoms with Gasteiger partial charge in [0.05, 0.1) is 11.0 Å². The highest BCUT2D eigenvalue weighted by molar-refractivity contribution is 5.71. The molecule has 10 heteroatoms. The van der Waals surface area contributed by atoms with Gasteiger partial charge in [0.15, 0.2) is 11.5 Å². The van der Waals surface area contributed by atoms with Gasteiger partial charge in [0.1, 0.15) is 6.33 Å². The van der Waals surface area contributed by atoms with E-state index in [1.54, 1.807) is 0 Å². The summed E-state index contributed by atoms with van der Waals surface area (Å²) in [6.45, 7) is 3.73. The first kappa shape index (κ1) is 24.6. The highest BCUT2D eigenvalue weighted by Crippen LogP contribution is 2.36. The van der Waals surface area contributed by atoms with Gasteiger partial charge < -0.3 is 19.7 Å². The van der Waals surface area contributed by atoms with Crippen molar-refractivity contribution < 1.29 is 14.4 Å². The smallest absolute Gasteiger partial charge is 0.353 e. The van der Waals surface area contributed by atoms with Crippen molar-refractivity contribution in [2.75, 3.05) is 43.2 Å². The second kappa shape index (κ2) is 11.0. The molecule has 0 bridgehead atoms. The lowest BCUT2D eigenvalue weighted by Gasteiger charge is -2.35. The molecule has 0 aliphatic carbocycles. The van der Waals surface area contributed by atoms with Gasteiger partial charge in [-0.3, -0.25) is 15.0 Å². The Morgan fingerprint density at radius 2 is 1.54 bits per heavy atom. The summed E-state index contributed by atoms with van der Waals surface area (Å²) < 4.78 is 10.9. The molecule has 0 spiro atoms. The largest absolute Gasteiger partial charge is 0.454 e. The number of piperazine rings is 1. The van der Waals surface area contributed by atoms with Crippen molar-refractivity contribution >= 4 is 17.3 Å². The minimum absolute atomic E-state index is 0.112. The molecule has 39 heavy (non-hydrogen) atoms. The monoisotopic (exact) mass is 524 g/mol. The van der Waals surface area contributed by atoms with Crippen LogP contribution in [-0.4, -0.2) is 52.8 Å². The normalized spacial score (nSPS) is 14.9. The molecular weight excluding hydrogens is 496 g/mol. The fourth-order valence-electron chi connectivity index (χ4n) is 5.08. The minimum atomic E-state index is -0.385. The second-order valence-electron chi connectivity index (χ2n) is 9.50. The quantitative estimate of drug-likeness (QED) is 0.261. The van der Waals surface area contributed by atoms with Crippen LogP contribution in [0.25, 0.3) is 0 Å². The summed E-state index contributed by atoms with van der Waals surface area (Å²) in [4.78, 5) is 25.0. The first-order chi connectivity index (χ1) is 19.2. The summed E-state index contributed by atoms with van der Waals surface area (Å²) >= 11 is 0. The molecule has 4 aromatic rings. The van der Waals surface area contributed by atoms with Crippen molar-refractivity contribution in [3.63, 3.8) is 0 Å². The van der Waals surface area contributed by atoms with Crippen molar-refractivity contribution in [1.82, 2.24) is 14.9 Å². The zero-order valence-electron chi connectivity index (χ0n) is 21.3. The maximum Gasteiger partial charge on any atom is 0.353 e. The van der Waals surface area contributed by atoms with Crippen LogP contribution in [0.5, 0.6) is 11.5 Å². The molecule has 10 nitrogen and oxygen atoms in total. The lowest BCUT2D eigenvalue weighted by Crippen LogP contribution is -2.46. The topological polar surface area (TPSA) is 106 Å². The van der Waals surface area contributed by atoms with E-state index >= 15 is 0 Å². The zero-order valence-corrected chi connectivity index (χ0v) is 21.3. The van der Waals surface area contributed by atoms with Crippen molar-refractivity contribution in [3.05, 3.63) is 112 Å². The van der Waals surface area contributed by atoms with E-state index in [2.05, 4.69) is 20.2 Å².